The second-order valence-electron chi connectivity index (χ2n) is 8.08. The number of aliphatic imine (C=N–C) groups is 1. The zero-order chi connectivity index (χ0) is 23.5. The summed E-state index contributed by atoms with van der Waals surface area (Å²) in [4.78, 5) is 42.3. The Morgan fingerprint density at radius 3 is 2.45 bits per heavy atom. The first-order chi connectivity index (χ1) is 15.8. The molecule has 2 aliphatic rings. The molecule has 1 amide bonds. The van der Waals surface area contributed by atoms with Crippen LogP contribution in [0.1, 0.15) is 54.9 Å². The molecule has 1 aliphatic carbocycles. The molecule has 1 N–H and O–H groups in total. The van der Waals surface area contributed by atoms with Crippen molar-refractivity contribution in [2.75, 3.05) is 0 Å². The van der Waals surface area contributed by atoms with Crippen LogP contribution in [-0.4, -0.2) is 38.0 Å². The molecule has 9 heteroatoms. The largest absolute Gasteiger partial charge is 0.478 e. The third kappa shape index (κ3) is 4.83. The Morgan fingerprint density at radius 1 is 1.12 bits per heavy atom. The molecular formula is C24H23N3O5S. The molecule has 170 valence electrons. The van der Waals surface area contributed by atoms with E-state index in [4.69, 9.17) is 0 Å². The van der Waals surface area contributed by atoms with E-state index in [0.29, 0.717) is 15.8 Å². The van der Waals surface area contributed by atoms with Crippen LogP contribution in [0.3, 0.4) is 0 Å². The zero-order valence-electron chi connectivity index (χ0n) is 18.1. The molecule has 2 aromatic carbocycles. The maximum Gasteiger partial charge on any atom is 0.335 e. The predicted molar refractivity (Wildman–Crippen MR) is 127 cm³/mol. The summed E-state index contributed by atoms with van der Waals surface area (Å²) in [5, 5.41) is 20.8. The number of carboxylic acids is 1. The van der Waals surface area contributed by atoms with Crippen LogP contribution in [0.25, 0.3) is 5.57 Å². The van der Waals surface area contributed by atoms with E-state index in [0.717, 1.165) is 43.2 Å². The molecule has 0 unspecified atom stereocenters. The Bertz CT molecular complexity index is 1170. The third-order valence-corrected chi connectivity index (χ3v) is 7.08. The van der Waals surface area contributed by atoms with Gasteiger partial charge in [-0.2, -0.15) is 0 Å². The first-order valence-corrected chi connectivity index (χ1v) is 11.6. The average molecular weight is 466 g/mol. The number of amidine groups is 1. The maximum atomic E-state index is 13.5. The number of nitrogens with zero attached hydrogens (tertiary/aromatic N) is 3. The molecule has 2 aromatic rings. The molecule has 1 heterocycles. The highest BCUT2D eigenvalue weighted by atomic mass is 32.2. The van der Waals surface area contributed by atoms with Gasteiger partial charge < -0.3 is 5.11 Å². The Kier molecular flexibility index (Phi) is 6.60. The Morgan fingerprint density at radius 2 is 1.82 bits per heavy atom. The second kappa shape index (κ2) is 9.58. The Balaban J connectivity index is 1.74. The number of hydrogen-bond donors (Lipinski definition) is 1. The minimum absolute atomic E-state index is 0.00801. The lowest BCUT2D eigenvalue weighted by molar-refractivity contribution is -0.384. The minimum atomic E-state index is -1.04. The lowest BCUT2D eigenvalue weighted by atomic mass is 9.94. The Labute approximate surface area is 195 Å². The van der Waals surface area contributed by atoms with Crippen molar-refractivity contribution in [2.24, 2.45) is 4.99 Å². The number of rotatable bonds is 5. The average Bonchev–Trinajstić information content (AvgIpc) is 3.14. The maximum absolute atomic E-state index is 13.5. The number of aromatic carboxylic acids is 1. The van der Waals surface area contributed by atoms with Crippen LogP contribution in [0, 0.1) is 10.1 Å². The standard InChI is InChI=1S/C24H23N3O5S/c1-15(16-10-12-20(13-11-16)27(31)32)21-22(28)26(19-8-3-2-4-9-19)24(33-21)25-18-7-5-6-17(14-18)23(29)30/h5-7,10-14,19H,2-4,8-9H2,1H3,(H,29,30)/b21-15-,25-24?. The van der Waals surface area contributed by atoms with Gasteiger partial charge in [-0.25, -0.2) is 9.79 Å². The highest BCUT2D eigenvalue weighted by molar-refractivity contribution is 8.18. The number of carbonyl (C=O) groups excluding carboxylic acids is 1. The van der Waals surface area contributed by atoms with Gasteiger partial charge in [-0.05, 0) is 73.0 Å². The van der Waals surface area contributed by atoms with Crippen molar-refractivity contribution < 1.29 is 19.6 Å². The van der Waals surface area contributed by atoms with Crippen molar-refractivity contribution in [3.8, 4) is 0 Å². The summed E-state index contributed by atoms with van der Waals surface area (Å²) >= 11 is 1.27. The van der Waals surface area contributed by atoms with Crippen molar-refractivity contribution >= 4 is 45.8 Å². The fourth-order valence-corrected chi connectivity index (χ4v) is 5.26. The van der Waals surface area contributed by atoms with E-state index >= 15 is 0 Å². The van der Waals surface area contributed by atoms with Crippen LogP contribution in [0.15, 0.2) is 58.4 Å². The molecule has 1 saturated heterocycles. The van der Waals surface area contributed by atoms with E-state index in [-0.39, 0.29) is 23.2 Å². The van der Waals surface area contributed by atoms with Gasteiger partial charge in [0.25, 0.3) is 11.6 Å². The quantitative estimate of drug-likeness (QED) is 0.348. The SMILES string of the molecule is C/C(=C1/SC(=Nc2cccc(C(=O)O)c2)N(C2CCCCC2)C1=O)c1ccc([N+](=O)[O-])cc1. The first kappa shape index (κ1) is 22.7. The van der Waals surface area contributed by atoms with E-state index in [1.54, 1.807) is 29.2 Å². The molecule has 1 aliphatic heterocycles. The molecule has 0 bridgehead atoms. The summed E-state index contributed by atoms with van der Waals surface area (Å²) in [7, 11) is 0. The zero-order valence-corrected chi connectivity index (χ0v) is 18.9. The predicted octanol–water partition coefficient (Wildman–Crippen LogP) is 5.62. The molecular weight excluding hydrogens is 442 g/mol. The van der Waals surface area contributed by atoms with Gasteiger partial charge in [-0.1, -0.05) is 25.3 Å². The van der Waals surface area contributed by atoms with Gasteiger partial charge in [-0.15, -0.1) is 0 Å². The van der Waals surface area contributed by atoms with Gasteiger partial charge in [0.1, 0.15) is 0 Å². The number of carbonyl (C=O) groups is 2. The smallest absolute Gasteiger partial charge is 0.335 e. The van der Waals surface area contributed by atoms with Crippen molar-refractivity contribution in [1.82, 2.24) is 4.90 Å². The number of amides is 1. The summed E-state index contributed by atoms with van der Waals surface area (Å²) in [6.07, 6.45) is 5.01. The van der Waals surface area contributed by atoms with Crippen molar-refractivity contribution in [1.29, 1.82) is 0 Å². The van der Waals surface area contributed by atoms with Crippen LogP contribution < -0.4 is 0 Å². The van der Waals surface area contributed by atoms with Crippen molar-refractivity contribution in [3.05, 3.63) is 74.7 Å². The number of benzene rings is 2. The first-order valence-electron chi connectivity index (χ1n) is 10.7. The van der Waals surface area contributed by atoms with E-state index in [2.05, 4.69) is 4.99 Å². The number of carboxylic acid groups (broad SMARTS) is 1. The molecule has 0 aromatic heterocycles. The molecule has 8 nitrogen and oxygen atoms in total. The van der Waals surface area contributed by atoms with Gasteiger partial charge in [0.2, 0.25) is 0 Å². The fraction of sp³-hybridized carbons (Fsp3) is 0.292. The van der Waals surface area contributed by atoms with Crippen molar-refractivity contribution in [2.45, 2.75) is 45.1 Å². The van der Waals surface area contributed by atoms with E-state index in [1.807, 2.05) is 6.92 Å². The molecule has 0 spiro atoms. The van der Waals surface area contributed by atoms with E-state index in [9.17, 15) is 24.8 Å². The Hall–Kier alpha value is -3.46. The lowest BCUT2D eigenvalue weighted by Crippen LogP contribution is -2.40. The van der Waals surface area contributed by atoms with Crippen molar-refractivity contribution in [3.63, 3.8) is 0 Å². The molecule has 4 rings (SSSR count). The number of thioether (sulfide) groups is 1. The van der Waals surface area contributed by atoms with Gasteiger partial charge in [0.05, 0.1) is 21.1 Å². The molecule has 0 radical (unpaired) electrons. The number of hydrogen-bond acceptors (Lipinski definition) is 6. The third-order valence-electron chi connectivity index (χ3n) is 5.92. The topological polar surface area (TPSA) is 113 Å². The minimum Gasteiger partial charge on any atom is -0.478 e. The lowest BCUT2D eigenvalue weighted by Gasteiger charge is -2.30. The molecule has 33 heavy (non-hydrogen) atoms. The fourth-order valence-electron chi connectivity index (χ4n) is 4.14. The second-order valence-corrected chi connectivity index (χ2v) is 9.05. The molecule has 2 fully saturated rings. The molecule has 1 saturated carbocycles. The number of allylic oxidation sites excluding steroid dienone is 1. The van der Waals surface area contributed by atoms with E-state index < -0.39 is 10.9 Å². The summed E-state index contributed by atoms with van der Waals surface area (Å²) in [5.41, 5.74) is 2.05. The highest BCUT2D eigenvalue weighted by Gasteiger charge is 2.39. The van der Waals surface area contributed by atoms with Gasteiger partial charge in [-0.3, -0.25) is 19.8 Å². The molecule has 0 atom stereocenters. The van der Waals surface area contributed by atoms with Crippen LogP contribution in [0.2, 0.25) is 0 Å². The van der Waals surface area contributed by atoms with Gasteiger partial charge in [0, 0.05) is 18.2 Å². The van der Waals surface area contributed by atoms with Crippen LogP contribution >= 0.6 is 11.8 Å². The highest BCUT2D eigenvalue weighted by Crippen LogP contribution is 2.41. The number of non-ortho nitro benzene ring substituents is 1. The van der Waals surface area contributed by atoms with Crippen LogP contribution in [-0.2, 0) is 4.79 Å². The van der Waals surface area contributed by atoms with Gasteiger partial charge >= 0.3 is 5.97 Å². The normalized spacial score (nSPS) is 19.7. The summed E-state index contributed by atoms with van der Waals surface area (Å²) in [6.45, 7) is 1.83. The van der Waals surface area contributed by atoms with Crippen LogP contribution in [0.4, 0.5) is 11.4 Å². The number of nitro benzene ring substituents is 1. The summed E-state index contributed by atoms with van der Waals surface area (Å²) in [5.74, 6) is -1.16. The summed E-state index contributed by atoms with van der Waals surface area (Å²) in [6, 6.07) is 12.5. The monoisotopic (exact) mass is 465 g/mol. The van der Waals surface area contributed by atoms with E-state index in [1.165, 1.54) is 36.0 Å². The number of nitro groups is 1. The van der Waals surface area contributed by atoms with Crippen LogP contribution in [0.5, 0.6) is 0 Å². The van der Waals surface area contributed by atoms with Gasteiger partial charge in [0.15, 0.2) is 5.17 Å². The summed E-state index contributed by atoms with van der Waals surface area (Å²) < 4.78 is 0.